The normalized spacial score (nSPS) is 12.3. The highest BCUT2D eigenvalue weighted by atomic mass is 32.1. The van der Waals surface area contributed by atoms with Crippen LogP contribution in [0.1, 0.15) is 24.2 Å². The number of nitrogens with one attached hydrogen (secondary N) is 1. The molecule has 0 saturated heterocycles. The summed E-state index contributed by atoms with van der Waals surface area (Å²) in [6.45, 7) is 2.68. The monoisotopic (exact) mass is 277 g/mol. The van der Waals surface area contributed by atoms with Gasteiger partial charge in [0.15, 0.2) is 0 Å². The second-order valence-electron chi connectivity index (χ2n) is 4.22. The molecule has 1 atom stereocenters. The molecule has 2 rings (SSSR count). The Morgan fingerprint density at radius 2 is 2.26 bits per heavy atom. The predicted octanol–water partition coefficient (Wildman–Crippen LogP) is 2.94. The van der Waals surface area contributed by atoms with E-state index >= 15 is 0 Å². The molecule has 0 aliphatic carbocycles. The second-order valence-corrected chi connectivity index (χ2v) is 4.94. The van der Waals surface area contributed by atoms with Gasteiger partial charge in [-0.3, -0.25) is 10.1 Å². The Morgan fingerprint density at radius 1 is 1.47 bits per heavy atom. The molecule has 0 bridgehead atoms. The maximum Gasteiger partial charge on any atom is 0.274 e. The maximum absolute atomic E-state index is 11.0. The summed E-state index contributed by atoms with van der Waals surface area (Å²) in [5, 5.41) is 16.3. The van der Waals surface area contributed by atoms with Gasteiger partial charge in [0, 0.05) is 36.0 Å². The fourth-order valence-corrected chi connectivity index (χ4v) is 2.50. The molecule has 0 radical (unpaired) electrons. The third-order valence-corrected chi connectivity index (χ3v) is 3.55. The topological polar surface area (TPSA) is 68.1 Å². The van der Waals surface area contributed by atoms with Crippen molar-refractivity contribution in [1.82, 2.24) is 10.3 Å². The molecule has 0 fully saturated rings. The molecule has 1 unspecified atom stereocenters. The van der Waals surface area contributed by atoms with Crippen LogP contribution in [-0.2, 0) is 6.42 Å². The van der Waals surface area contributed by atoms with Crippen LogP contribution >= 0.6 is 11.3 Å². The van der Waals surface area contributed by atoms with Gasteiger partial charge in [-0.25, -0.2) is 4.98 Å². The summed E-state index contributed by atoms with van der Waals surface area (Å²) in [7, 11) is 0. The molecule has 100 valence electrons. The number of nitrogens with zero attached hydrogens (tertiary/aromatic N) is 2. The van der Waals surface area contributed by atoms with Crippen LogP contribution in [0.15, 0.2) is 35.2 Å². The van der Waals surface area contributed by atoms with Gasteiger partial charge in [0.25, 0.3) is 5.69 Å². The molecular weight excluding hydrogens is 262 g/mol. The number of aromatic nitrogens is 1. The van der Waals surface area contributed by atoms with E-state index in [0.717, 1.165) is 18.7 Å². The van der Waals surface area contributed by atoms with Gasteiger partial charge in [-0.05, 0) is 6.92 Å². The average Bonchev–Trinajstić information content (AvgIpc) is 2.91. The van der Waals surface area contributed by atoms with Crippen molar-refractivity contribution in [3.8, 4) is 0 Å². The van der Waals surface area contributed by atoms with E-state index in [2.05, 4.69) is 10.3 Å². The van der Waals surface area contributed by atoms with Crippen molar-refractivity contribution >= 4 is 17.0 Å². The van der Waals surface area contributed by atoms with Crippen molar-refractivity contribution < 1.29 is 4.92 Å². The zero-order chi connectivity index (χ0) is 13.7. The van der Waals surface area contributed by atoms with Crippen molar-refractivity contribution in [1.29, 1.82) is 0 Å². The zero-order valence-electron chi connectivity index (χ0n) is 10.6. The minimum Gasteiger partial charge on any atom is -0.310 e. The highest BCUT2D eigenvalue weighted by molar-refractivity contribution is 7.07. The number of para-hydroxylation sites is 1. The van der Waals surface area contributed by atoms with Gasteiger partial charge in [-0.1, -0.05) is 18.2 Å². The number of thiazole rings is 1. The van der Waals surface area contributed by atoms with Gasteiger partial charge in [0.05, 0.1) is 16.1 Å². The first-order valence-electron chi connectivity index (χ1n) is 6.02. The van der Waals surface area contributed by atoms with Crippen LogP contribution in [-0.4, -0.2) is 16.5 Å². The quantitative estimate of drug-likeness (QED) is 0.651. The van der Waals surface area contributed by atoms with Crippen molar-refractivity contribution in [2.45, 2.75) is 19.4 Å². The number of benzene rings is 1. The van der Waals surface area contributed by atoms with E-state index in [9.17, 15) is 10.1 Å². The molecule has 2 aromatic rings. The Morgan fingerprint density at radius 3 is 2.95 bits per heavy atom. The molecule has 0 aliphatic heterocycles. The minimum atomic E-state index is -0.339. The molecule has 19 heavy (non-hydrogen) atoms. The second kappa shape index (κ2) is 6.40. The highest BCUT2D eigenvalue weighted by Gasteiger charge is 2.17. The number of hydrogen-bond acceptors (Lipinski definition) is 5. The Balaban J connectivity index is 1.96. The van der Waals surface area contributed by atoms with E-state index in [1.807, 2.05) is 18.4 Å². The molecule has 1 heterocycles. The summed E-state index contributed by atoms with van der Waals surface area (Å²) in [6.07, 6.45) is 0.828. The summed E-state index contributed by atoms with van der Waals surface area (Å²) >= 11 is 1.57. The molecule has 1 N–H and O–H groups in total. The van der Waals surface area contributed by atoms with Crippen molar-refractivity contribution in [2.75, 3.05) is 6.54 Å². The minimum absolute atomic E-state index is 0.0553. The Kier molecular flexibility index (Phi) is 4.59. The van der Waals surface area contributed by atoms with E-state index in [4.69, 9.17) is 0 Å². The number of nitro groups is 1. The number of nitro benzene ring substituents is 1. The van der Waals surface area contributed by atoms with Gasteiger partial charge in [-0.15, -0.1) is 11.3 Å². The first-order valence-corrected chi connectivity index (χ1v) is 6.96. The first-order chi connectivity index (χ1) is 9.18. The number of rotatable bonds is 6. The van der Waals surface area contributed by atoms with Crippen molar-refractivity contribution in [3.05, 3.63) is 56.5 Å². The van der Waals surface area contributed by atoms with Gasteiger partial charge in [-0.2, -0.15) is 0 Å². The molecule has 0 spiro atoms. The van der Waals surface area contributed by atoms with E-state index in [1.165, 1.54) is 6.07 Å². The fraction of sp³-hybridized carbons (Fsp3) is 0.308. The smallest absolute Gasteiger partial charge is 0.274 e. The summed E-state index contributed by atoms with van der Waals surface area (Å²) in [4.78, 5) is 14.8. The largest absolute Gasteiger partial charge is 0.310 e. The Hall–Kier alpha value is -1.79. The van der Waals surface area contributed by atoms with Gasteiger partial charge in [0.2, 0.25) is 0 Å². The molecule has 6 heteroatoms. The van der Waals surface area contributed by atoms with Crippen LogP contribution in [0.2, 0.25) is 0 Å². The van der Waals surface area contributed by atoms with Gasteiger partial charge in [0.1, 0.15) is 0 Å². The lowest BCUT2D eigenvalue weighted by Crippen LogP contribution is -2.22. The summed E-state index contributed by atoms with van der Waals surface area (Å²) in [5.74, 6) is 0. The van der Waals surface area contributed by atoms with Gasteiger partial charge >= 0.3 is 0 Å². The Labute approximate surface area is 115 Å². The summed E-state index contributed by atoms with van der Waals surface area (Å²) in [6, 6.07) is 6.78. The summed E-state index contributed by atoms with van der Waals surface area (Å²) < 4.78 is 0. The molecule has 0 amide bonds. The molecule has 1 aromatic heterocycles. The average molecular weight is 277 g/mol. The van der Waals surface area contributed by atoms with E-state index < -0.39 is 0 Å². The lowest BCUT2D eigenvalue weighted by atomic mass is 10.1. The van der Waals surface area contributed by atoms with Crippen LogP contribution in [0.25, 0.3) is 0 Å². The first kappa shape index (κ1) is 13.6. The van der Waals surface area contributed by atoms with Crippen LogP contribution in [0.3, 0.4) is 0 Å². The van der Waals surface area contributed by atoms with Crippen LogP contribution < -0.4 is 5.32 Å². The maximum atomic E-state index is 11.0. The SMILES string of the molecule is CC(NCCc1cscn1)c1ccccc1[N+](=O)[O-]. The third-order valence-electron chi connectivity index (χ3n) is 2.92. The van der Waals surface area contributed by atoms with Crippen LogP contribution in [0.5, 0.6) is 0 Å². The highest BCUT2D eigenvalue weighted by Crippen LogP contribution is 2.24. The Bertz CT molecular complexity index is 543. The zero-order valence-corrected chi connectivity index (χ0v) is 11.4. The third kappa shape index (κ3) is 3.59. The van der Waals surface area contributed by atoms with Crippen molar-refractivity contribution in [2.24, 2.45) is 0 Å². The lowest BCUT2D eigenvalue weighted by Gasteiger charge is -2.13. The lowest BCUT2D eigenvalue weighted by molar-refractivity contribution is -0.385. The van der Waals surface area contributed by atoms with Crippen molar-refractivity contribution in [3.63, 3.8) is 0 Å². The number of hydrogen-bond donors (Lipinski definition) is 1. The predicted molar refractivity (Wildman–Crippen MR) is 75.3 cm³/mol. The molecule has 1 aromatic carbocycles. The standard InChI is InChI=1S/C13H15N3O2S/c1-10(14-7-6-11-8-19-9-15-11)12-4-2-3-5-13(12)16(17)18/h2-5,8-10,14H,6-7H2,1H3. The van der Waals surface area contributed by atoms with Crippen LogP contribution in [0.4, 0.5) is 5.69 Å². The van der Waals surface area contributed by atoms with E-state index in [0.29, 0.717) is 5.56 Å². The molecule has 0 saturated carbocycles. The van der Waals surface area contributed by atoms with E-state index in [1.54, 1.807) is 29.0 Å². The molecular formula is C13H15N3O2S. The fourth-order valence-electron chi connectivity index (χ4n) is 1.91. The van der Waals surface area contributed by atoms with Crippen LogP contribution in [0, 0.1) is 10.1 Å². The van der Waals surface area contributed by atoms with E-state index in [-0.39, 0.29) is 16.7 Å². The molecule has 5 nitrogen and oxygen atoms in total. The molecule has 0 aliphatic rings. The van der Waals surface area contributed by atoms with Gasteiger partial charge < -0.3 is 5.32 Å². The summed E-state index contributed by atoms with van der Waals surface area (Å²) in [5.41, 5.74) is 3.73.